The third kappa shape index (κ3) is 8.02. The molecular weight excluding hydrogens is 220 g/mol. The van der Waals surface area contributed by atoms with E-state index in [1.807, 2.05) is 0 Å². The summed E-state index contributed by atoms with van der Waals surface area (Å²) < 4.78 is 0. The molecule has 0 saturated heterocycles. The van der Waals surface area contributed by atoms with Gasteiger partial charge in [-0.05, 0) is 11.8 Å². The first-order valence-corrected chi connectivity index (χ1v) is 10.8. The first-order chi connectivity index (χ1) is 7.95. The molecule has 104 valence electrons. The maximum atomic E-state index is 2.43. The van der Waals surface area contributed by atoms with E-state index < -0.39 is 8.07 Å². The average molecular weight is 257 g/mol. The Bertz CT molecular complexity index is 152. The van der Waals surface area contributed by atoms with Gasteiger partial charge in [-0.2, -0.15) is 0 Å². The minimum Gasteiger partial charge on any atom is -0.0654 e. The molecule has 0 N–H and O–H groups in total. The van der Waals surface area contributed by atoms with Gasteiger partial charge in [0.2, 0.25) is 0 Å². The monoisotopic (exact) mass is 256 g/mol. The highest BCUT2D eigenvalue weighted by Gasteiger charge is 2.32. The molecular formula is C16H36Si. The lowest BCUT2D eigenvalue weighted by Crippen LogP contribution is -2.36. The molecule has 0 rings (SSSR count). The maximum absolute atomic E-state index is 2.43. The Hall–Kier alpha value is 0.217. The molecule has 0 bridgehead atoms. The van der Waals surface area contributed by atoms with E-state index in [4.69, 9.17) is 0 Å². The van der Waals surface area contributed by atoms with Crippen LogP contribution in [-0.4, -0.2) is 8.07 Å². The van der Waals surface area contributed by atoms with E-state index in [2.05, 4.69) is 41.5 Å². The fourth-order valence-corrected chi connectivity index (χ4v) is 10.4. The highest BCUT2D eigenvalue weighted by Crippen LogP contribution is 2.35. The molecule has 0 aliphatic carbocycles. The summed E-state index contributed by atoms with van der Waals surface area (Å²) >= 11 is 0. The van der Waals surface area contributed by atoms with Gasteiger partial charge < -0.3 is 0 Å². The van der Waals surface area contributed by atoms with Crippen LogP contribution < -0.4 is 0 Å². The van der Waals surface area contributed by atoms with Crippen molar-refractivity contribution in [3.8, 4) is 0 Å². The fraction of sp³-hybridized carbons (Fsp3) is 1.00. The van der Waals surface area contributed by atoms with Crippen LogP contribution in [0.2, 0.25) is 24.2 Å². The quantitative estimate of drug-likeness (QED) is 0.400. The average Bonchev–Trinajstić information content (AvgIpc) is 2.22. The number of hydrogen-bond donors (Lipinski definition) is 0. The van der Waals surface area contributed by atoms with Gasteiger partial charge in [0.25, 0.3) is 0 Å². The van der Waals surface area contributed by atoms with Crippen molar-refractivity contribution >= 4 is 8.07 Å². The van der Waals surface area contributed by atoms with Crippen LogP contribution >= 0.6 is 0 Å². The Morgan fingerprint density at radius 3 is 1.29 bits per heavy atom. The SMILES string of the molecule is CCCC[Si](CCCC)(CC(C)C)CC(C)C. The second kappa shape index (κ2) is 9.19. The van der Waals surface area contributed by atoms with Gasteiger partial charge in [-0.1, -0.05) is 91.4 Å². The molecule has 1 heteroatoms. The van der Waals surface area contributed by atoms with Crippen LogP contribution in [0.3, 0.4) is 0 Å². The predicted molar refractivity (Wildman–Crippen MR) is 84.5 cm³/mol. The maximum Gasteiger partial charge on any atom is 0.0540 e. The van der Waals surface area contributed by atoms with Gasteiger partial charge in [-0.25, -0.2) is 0 Å². The Kier molecular flexibility index (Phi) is 9.30. The molecule has 0 unspecified atom stereocenters. The minimum atomic E-state index is -0.964. The zero-order valence-electron chi connectivity index (χ0n) is 13.3. The third-order valence-electron chi connectivity index (χ3n) is 3.80. The normalized spacial score (nSPS) is 12.7. The highest BCUT2D eigenvalue weighted by atomic mass is 28.3. The summed E-state index contributed by atoms with van der Waals surface area (Å²) in [5, 5.41) is 0. The lowest BCUT2D eigenvalue weighted by molar-refractivity contribution is 0.656. The Morgan fingerprint density at radius 1 is 0.706 bits per heavy atom. The molecule has 0 nitrogen and oxygen atoms in total. The molecule has 0 radical (unpaired) electrons. The summed E-state index contributed by atoms with van der Waals surface area (Å²) in [6.45, 7) is 14.4. The van der Waals surface area contributed by atoms with Crippen molar-refractivity contribution in [3.63, 3.8) is 0 Å². The van der Waals surface area contributed by atoms with Crippen LogP contribution in [0, 0.1) is 11.8 Å². The lowest BCUT2D eigenvalue weighted by Gasteiger charge is -2.35. The molecule has 0 aromatic heterocycles. The molecule has 0 atom stereocenters. The van der Waals surface area contributed by atoms with Crippen LogP contribution in [0.1, 0.15) is 67.2 Å². The summed E-state index contributed by atoms with van der Waals surface area (Å²) in [5.41, 5.74) is 0. The number of unbranched alkanes of at least 4 members (excludes halogenated alkanes) is 2. The standard InChI is InChI=1S/C16H36Si/c1-7-9-11-17(12-10-8-2,13-15(3)4)14-16(5)6/h15-16H,7-14H2,1-6H3. The second-order valence-electron chi connectivity index (χ2n) is 6.90. The molecule has 0 aliphatic rings. The Morgan fingerprint density at radius 2 is 1.06 bits per heavy atom. The van der Waals surface area contributed by atoms with Gasteiger partial charge in [-0.15, -0.1) is 0 Å². The zero-order chi connectivity index (χ0) is 13.3. The molecule has 0 fully saturated rings. The van der Waals surface area contributed by atoms with Crippen molar-refractivity contribution in [3.05, 3.63) is 0 Å². The predicted octanol–water partition coefficient (Wildman–Crippen LogP) is 6.35. The van der Waals surface area contributed by atoms with Gasteiger partial charge in [-0.3, -0.25) is 0 Å². The Labute approximate surface area is 112 Å². The van der Waals surface area contributed by atoms with Crippen LogP contribution in [0.4, 0.5) is 0 Å². The third-order valence-corrected chi connectivity index (χ3v) is 10.00. The second-order valence-corrected chi connectivity index (χ2v) is 11.7. The summed E-state index contributed by atoms with van der Waals surface area (Å²) in [5.74, 6) is 1.82. The number of hydrogen-bond acceptors (Lipinski definition) is 0. The first kappa shape index (κ1) is 17.2. The van der Waals surface area contributed by atoms with Crippen LogP contribution in [0.25, 0.3) is 0 Å². The van der Waals surface area contributed by atoms with E-state index in [-0.39, 0.29) is 0 Å². The fourth-order valence-electron chi connectivity index (χ4n) is 3.45. The van der Waals surface area contributed by atoms with Crippen LogP contribution in [-0.2, 0) is 0 Å². The van der Waals surface area contributed by atoms with Gasteiger partial charge in [0.05, 0.1) is 8.07 Å². The van der Waals surface area contributed by atoms with E-state index in [1.165, 1.54) is 25.7 Å². The van der Waals surface area contributed by atoms with Crippen molar-refractivity contribution in [1.29, 1.82) is 0 Å². The van der Waals surface area contributed by atoms with Gasteiger partial charge in [0.15, 0.2) is 0 Å². The van der Waals surface area contributed by atoms with Crippen LogP contribution in [0.15, 0.2) is 0 Å². The molecule has 17 heavy (non-hydrogen) atoms. The summed E-state index contributed by atoms with van der Waals surface area (Å²) in [7, 11) is -0.964. The van der Waals surface area contributed by atoms with Gasteiger partial charge >= 0.3 is 0 Å². The van der Waals surface area contributed by atoms with Crippen molar-refractivity contribution in [1.82, 2.24) is 0 Å². The largest absolute Gasteiger partial charge is 0.0654 e. The highest BCUT2D eigenvalue weighted by molar-refractivity contribution is 6.80. The van der Waals surface area contributed by atoms with E-state index in [1.54, 1.807) is 24.2 Å². The van der Waals surface area contributed by atoms with Gasteiger partial charge in [0.1, 0.15) is 0 Å². The van der Waals surface area contributed by atoms with Gasteiger partial charge in [0, 0.05) is 0 Å². The lowest BCUT2D eigenvalue weighted by atomic mass is 10.3. The minimum absolute atomic E-state index is 0.911. The molecule has 0 aromatic carbocycles. The van der Waals surface area contributed by atoms with Crippen molar-refractivity contribution < 1.29 is 0 Å². The van der Waals surface area contributed by atoms with E-state index in [0.717, 1.165) is 11.8 Å². The summed E-state index contributed by atoms with van der Waals surface area (Å²) in [4.78, 5) is 0. The molecule has 0 amide bonds. The summed E-state index contributed by atoms with van der Waals surface area (Å²) in [6, 6.07) is 6.34. The molecule has 0 heterocycles. The van der Waals surface area contributed by atoms with E-state index >= 15 is 0 Å². The molecule has 0 aliphatic heterocycles. The van der Waals surface area contributed by atoms with E-state index in [0.29, 0.717) is 0 Å². The molecule has 0 aromatic rings. The van der Waals surface area contributed by atoms with Crippen LogP contribution in [0.5, 0.6) is 0 Å². The number of rotatable bonds is 10. The van der Waals surface area contributed by atoms with Crippen molar-refractivity contribution in [2.24, 2.45) is 11.8 Å². The van der Waals surface area contributed by atoms with Crippen molar-refractivity contribution in [2.45, 2.75) is 91.4 Å². The molecule has 0 saturated carbocycles. The zero-order valence-corrected chi connectivity index (χ0v) is 14.3. The summed E-state index contributed by atoms with van der Waals surface area (Å²) in [6.07, 6.45) is 5.74. The topological polar surface area (TPSA) is 0 Å². The Balaban J connectivity index is 4.63. The van der Waals surface area contributed by atoms with Crippen molar-refractivity contribution in [2.75, 3.05) is 0 Å². The smallest absolute Gasteiger partial charge is 0.0540 e. The molecule has 0 spiro atoms. The first-order valence-electron chi connectivity index (χ1n) is 7.95. The van der Waals surface area contributed by atoms with E-state index in [9.17, 15) is 0 Å².